The molecule has 8 nitrogen and oxygen atoms in total. The number of nitrogens with zero attached hydrogens (tertiary/aromatic N) is 1. The van der Waals surface area contributed by atoms with Crippen molar-refractivity contribution in [3.8, 4) is 0 Å². The monoisotopic (exact) mass is 371 g/mol. The highest BCUT2D eigenvalue weighted by Gasteiger charge is 2.24. The Balaban J connectivity index is 1.95. The number of hydrogen-bond acceptors (Lipinski definition) is 6. The zero-order chi connectivity index (χ0) is 18.6. The maximum Gasteiger partial charge on any atom is 0.339 e. The predicted octanol–water partition coefficient (Wildman–Crippen LogP) is 0.132. The molecule has 0 aromatic carbocycles. The topological polar surface area (TPSA) is 109 Å². The van der Waals surface area contributed by atoms with Gasteiger partial charge in [-0.25, -0.2) is 13.2 Å². The first-order chi connectivity index (χ1) is 11.8. The fourth-order valence-corrected chi connectivity index (χ4v) is 4.20. The Morgan fingerprint density at radius 1 is 1.28 bits per heavy atom. The highest BCUT2D eigenvalue weighted by Crippen LogP contribution is 2.20. The van der Waals surface area contributed by atoms with Gasteiger partial charge in [0, 0.05) is 31.9 Å². The Morgan fingerprint density at radius 3 is 2.48 bits per heavy atom. The van der Waals surface area contributed by atoms with Gasteiger partial charge in [0.15, 0.2) is 9.84 Å². The van der Waals surface area contributed by atoms with Crippen molar-refractivity contribution < 1.29 is 22.7 Å². The Labute approximate surface area is 147 Å². The summed E-state index contributed by atoms with van der Waals surface area (Å²) in [7, 11) is -1.59. The minimum Gasteiger partial charge on any atom is -0.465 e. The van der Waals surface area contributed by atoms with Crippen molar-refractivity contribution in [2.75, 3.05) is 44.8 Å². The molecule has 1 saturated heterocycles. The lowest BCUT2D eigenvalue weighted by atomic mass is 10.1. The van der Waals surface area contributed by atoms with Gasteiger partial charge in [-0.2, -0.15) is 0 Å². The molecule has 1 aliphatic rings. The molecule has 0 saturated carbocycles. The van der Waals surface area contributed by atoms with Gasteiger partial charge in [-0.3, -0.25) is 9.69 Å². The number of hydrogen-bond donors (Lipinski definition) is 2. The third-order valence-corrected chi connectivity index (χ3v) is 6.06. The molecule has 1 aromatic heterocycles. The number of amides is 1. The van der Waals surface area contributed by atoms with Crippen LogP contribution in [0, 0.1) is 6.92 Å². The Morgan fingerprint density at radius 2 is 1.92 bits per heavy atom. The molecule has 2 rings (SSSR count). The number of nitrogens with one attached hydrogen (secondary N) is 2. The van der Waals surface area contributed by atoms with Crippen molar-refractivity contribution in [1.29, 1.82) is 0 Å². The molecule has 0 spiro atoms. The molecular weight excluding hydrogens is 346 g/mol. The molecule has 1 fully saturated rings. The van der Waals surface area contributed by atoms with Gasteiger partial charge >= 0.3 is 5.97 Å². The van der Waals surface area contributed by atoms with Gasteiger partial charge in [-0.05, 0) is 18.9 Å². The number of methoxy groups -OCH3 is 1. The summed E-state index contributed by atoms with van der Waals surface area (Å²) >= 11 is 0. The zero-order valence-electron chi connectivity index (χ0n) is 14.8. The molecule has 0 aliphatic carbocycles. The molecule has 1 amide bonds. The lowest BCUT2D eigenvalue weighted by Gasteiger charge is -2.26. The third kappa shape index (κ3) is 4.60. The van der Waals surface area contributed by atoms with Gasteiger partial charge in [0.1, 0.15) is 5.69 Å². The van der Waals surface area contributed by atoms with Crippen LogP contribution in [0.2, 0.25) is 0 Å². The van der Waals surface area contributed by atoms with E-state index >= 15 is 0 Å². The highest BCUT2D eigenvalue weighted by molar-refractivity contribution is 7.91. The molecular formula is C16H25N3O5S. The number of H-pyrrole nitrogens is 1. The lowest BCUT2D eigenvalue weighted by Crippen LogP contribution is -2.43. The molecule has 140 valence electrons. The molecule has 0 atom stereocenters. The van der Waals surface area contributed by atoms with Gasteiger partial charge in [-0.15, -0.1) is 0 Å². The van der Waals surface area contributed by atoms with E-state index in [1.165, 1.54) is 7.11 Å². The summed E-state index contributed by atoms with van der Waals surface area (Å²) in [6.45, 7) is 5.59. The van der Waals surface area contributed by atoms with Crippen LogP contribution in [-0.4, -0.2) is 75.0 Å². The summed E-state index contributed by atoms with van der Waals surface area (Å²) in [6, 6.07) is 0. The minimum absolute atomic E-state index is 0.166. The van der Waals surface area contributed by atoms with Gasteiger partial charge in [-0.1, -0.05) is 6.92 Å². The number of sulfone groups is 1. The van der Waals surface area contributed by atoms with Crippen LogP contribution in [0.3, 0.4) is 0 Å². The summed E-state index contributed by atoms with van der Waals surface area (Å²) in [5.74, 6) is -0.413. The largest absolute Gasteiger partial charge is 0.465 e. The zero-order valence-corrected chi connectivity index (χ0v) is 15.7. The molecule has 25 heavy (non-hydrogen) atoms. The average molecular weight is 371 g/mol. The van der Waals surface area contributed by atoms with Crippen LogP contribution in [0.1, 0.15) is 39.0 Å². The Hall–Kier alpha value is -1.87. The number of rotatable bonds is 6. The second kappa shape index (κ2) is 8.01. The van der Waals surface area contributed by atoms with Crippen LogP contribution < -0.4 is 5.32 Å². The number of aromatic amines is 1. The first-order valence-corrected chi connectivity index (χ1v) is 10.1. The number of esters is 1. The normalized spacial score (nSPS) is 17.2. The quantitative estimate of drug-likeness (QED) is 0.688. The van der Waals surface area contributed by atoms with E-state index in [0.29, 0.717) is 55.1 Å². The van der Waals surface area contributed by atoms with Crippen molar-refractivity contribution in [2.45, 2.75) is 20.3 Å². The van der Waals surface area contributed by atoms with Crippen LogP contribution in [0.15, 0.2) is 0 Å². The van der Waals surface area contributed by atoms with Crippen molar-refractivity contribution >= 4 is 21.7 Å². The SMILES string of the molecule is CCc1[nH]c(C(=O)NCCN2CCS(=O)(=O)CC2)c(C)c1C(=O)OC. The first-order valence-electron chi connectivity index (χ1n) is 8.29. The van der Waals surface area contributed by atoms with Crippen molar-refractivity contribution in [3.63, 3.8) is 0 Å². The van der Waals surface area contributed by atoms with Crippen LogP contribution >= 0.6 is 0 Å². The fourth-order valence-electron chi connectivity index (χ4n) is 2.92. The van der Waals surface area contributed by atoms with Crippen LogP contribution in [-0.2, 0) is 21.0 Å². The van der Waals surface area contributed by atoms with Crippen LogP contribution in [0.4, 0.5) is 0 Å². The van der Waals surface area contributed by atoms with E-state index in [-0.39, 0.29) is 17.4 Å². The third-order valence-electron chi connectivity index (χ3n) is 4.45. The number of ether oxygens (including phenoxy) is 1. The van der Waals surface area contributed by atoms with Gasteiger partial charge in [0.25, 0.3) is 5.91 Å². The van der Waals surface area contributed by atoms with E-state index in [1.807, 2.05) is 11.8 Å². The maximum absolute atomic E-state index is 12.4. The summed E-state index contributed by atoms with van der Waals surface area (Å²) in [4.78, 5) is 29.3. The molecule has 1 aliphatic heterocycles. The Kier molecular flexibility index (Phi) is 6.23. The second-order valence-corrected chi connectivity index (χ2v) is 8.38. The number of aryl methyl sites for hydroxylation is 1. The summed E-state index contributed by atoms with van der Waals surface area (Å²) in [5.41, 5.74) is 2.02. The molecule has 0 radical (unpaired) electrons. The first kappa shape index (κ1) is 19.5. The Bertz CT molecular complexity index is 740. The van der Waals surface area contributed by atoms with E-state index in [9.17, 15) is 18.0 Å². The molecule has 1 aromatic rings. The number of carbonyl (C=O) groups is 2. The maximum atomic E-state index is 12.4. The molecule has 9 heteroatoms. The molecule has 0 unspecified atom stereocenters. The van der Waals surface area contributed by atoms with Crippen molar-refractivity contribution in [3.05, 3.63) is 22.5 Å². The van der Waals surface area contributed by atoms with E-state index in [4.69, 9.17) is 4.74 Å². The van der Waals surface area contributed by atoms with E-state index in [1.54, 1.807) is 6.92 Å². The second-order valence-electron chi connectivity index (χ2n) is 6.07. The number of aromatic nitrogens is 1. The summed E-state index contributed by atoms with van der Waals surface area (Å²) in [6.07, 6.45) is 0.584. The van der Waals surface area contributed by atoms with E-state index in [2.05, 4.69) is 10.3 Å². The van der Waals surface area contributed by atoms with Gasteiger partial charge in [0.05, 0.1) is 24.2 Å². The summed E-state index contributed by atoms with van der Waals surface area (Å²) in [5, 5.41) is 2.82. The lowest BCUT2D eigenvalue weighted by molar-refractivity contribution is 0.0599. The standard InChI is InChI=1S/C16H25N3O5S/c1-4-12-13(16(21)24-3)11(2)14(18-12)15(20)17-5-6-19-7-9-25(22,23)10-8-19/h18H,4-10H2,1-3H3,(H,17,20). The van der Waals surface area contributed by atoms with Crippen LogP contribution in [0.25, 0.3) is 0 Å². The fraction of sp³-hybridized carbons (Fsp3) is 0.625. The van der Waals surface area contributed by atoms with E-state index < -0.39 is 15.8 Å². The predicted molar refractivity (Wildman–Crippen MR) is 93.7 cm³/mol. The van der Waals surface area contributed by atoms with Crippen molar-refractivity contribution in [1.82, 2.24) is 15.2 Å². The molecule has 2 N–H and O–H groups in total. The minimum atomic E-state index is -2.90. The highest BCUT2D eigenvalue weighted by atomic mass is 32.2. The smallest absolute Gasteiger partial charge is 0.339 e. The average Bonchev–Trinajstić information content (AvgIpc) is 2.92. The van der Waals surface area contributed by atoms with E-state index in [0.717, 1.165) is 0 Å². The molecule has 0 bridgehead atoms. The molecule has 2 heterocycles. The summed E-state index contributed by atoms with van der Waals surface area (Å²) < 4.78 is 27.6. The van der Waals surface area contributed by atoms with Gasteiger partial charge in [0.2, 0.25) is 0 Å². The number of carbonyl (C=O) groups excluding carboxylic acids is 2. The van der Waals surface area contributed by atoms with Crippen LogP contribution in [0.5, 0.6) is 0 Å². The van der Waals surface area contributed by atoms with Crippen molar-refractivity contribution in [2.24, 2.45) is 0 Å². The van der Waals surface area contributed by atoms with Gasteiger partial charge < -0.3 is 15.0 Å².